The van der Waals surface area contributed by atoms with Gasteiger partial charge in [-0.3, -0.25) is 0 Å². The van der Waals surface area contributed by atoms with Crippen LogP contribution in [0.3, 0.4) is 0 Å². The molecule has 0 saturated carbocycles. The van der Waals surface area contributed by atoms with Gasteiger partial charge in [0.1, 0.15) is 0 Å². The minimum absolute atomic E-state index is 0.114. The number of nitriles is 1. The molecule has 0 saturated heterocycles. The van der Waals surface area contributed by atoms with Crippen molar-refractivity contribution in [3.63, 3.8) is 0 Å². The predicted octanol–water partition coefficient (Wildman–Crippen LogP) is 4.04. The lowest BCUT2D eigenvalue weighted by Gasteiger charge is -2.36. The standard InChI is InChI=1S/C20H28N2O2S/c1-4-15-22-25(23,24)20(2,3)19-11-9-18(10-12-19)17-7-5-16(6-8-17)13-14-21/h5-9,19,22H,4,10-13,15H2,1-3H3. The van der Waals surface area contributed by atoms with Gasteiger partial charge in [-0.2, -0.15) is 5.26 Å². The largest absolute Gasteiger partial charge is 0.217 e. The second kappa shape index (κ2) is 8.16. The average Bonchev–Trinajstić information content (AvgIpc) is 2.61. The SMILES string of the molecule is CCCNS(=O)(=O)C(C)(C)C1CC=C(c2ccc(CC#N)cc2)CC1. The van der Waals surface area contributed by atoms with E-state index in [1.165, 1.54) is 11.1 Å². The van der Waals surface area contributed by atoms with Gasteiger partial charge in [-0.1, -0.05) is 37.3 Å². The van der Waals surface area contributed by atoms with Gasteiger partial charge < -0.3 is 0 Å². The van der Waals surface area contributed by atoms with E-state index in [0.29, 0.717) is 13.0 Å². The number of benzene rings is 1. The Morgan fingerprint density at radius 1 is 1.28 bits per heavy atom. The van der Waals surface area contributed by atoms with Crippen LogP contribution in [-0.2, 0) is 16.4 Å². The fourth-order valence-corrected chi connectivity index (χ4v) is 4.80. The van der Waals surface area contributed by atoms with E-state index in [-0.39, 0.29) is 5.92 Å². The second-order valence-corrected chi connectivity index (χ2v) is 9.58. The first kappa shape index (κ1) is 19.7. The molecule has 4 nitrogen and oxygen atoms in total. The molecular formula is C20H28N2O2S. The van der Waals surface area contributed by atoms with E-state index in [2.05, 4.69) is 29.0 Å². The van der Waals surface area contributed by atoms with Crippen molar-refractivity contribution in [3.05, 3.63) is 41.5 Å². The Balaban J connectivity index is 2.10. The molecule has 1 aliphatic rings. The highest BCUT2D eigenvalue weighted by Crippen LogP contribution is 2.39. The first-order chi connectivity index (χ1) is 11.8. The van der Waals surface area contributed by atoms with E-state index in [9.17, 15) is 8.42 Å². The fourth-order valence-electron chi connectivity index (χ4n) is 3.30. The van der Waals surface area contributed by atoms with Crippen LogP contribution in [0.1, 0.15) is 57.6 Å². The van der Waals surface area contributed by atoms with E-state index in [0.717, 1.165) is 31.2 Å². The third-order valence-electron chi connectivity index (χ3n) is 5.24. The molecule has 1 aliphatic carbocycles. The second-order valence-electron chi connectivity index (χ2n) is 7.23. The van der Waals surface area contributed by atoms with Crippen molar-refractivity contribution in [3.8, 4) is 6.07 Å². The molecule has 5 heteroatoms. The summed E-state index contributed by atoms with van der Waals surface area (Å²) in [6.45, 7) is 6.14. The third kappa shape index (κ3) is 4.50. The molecule has 0 fully saturated rings. The number of hydrogen-bond donors (Lipinski definition) is 1. The highest BCUT2D eigenvalue weighted by Gasteiger charge is 2.41. The topological polar surface area (TPSA) is 70.0 Å². The van der Waals surface area contributed by atoms with Crippen LogP contribution in [-0.4, -0.2) is 19.7 Å². The molecule has 1 atom stereocenters. The van der Waals surface area contributed by atoms with Gasteiger partial charge in [0, 0.05) is 6.54 Å². The highest BCUT2D eigenvalue weighted by molar-refractivity contribution is 7.90. The first-order valence-electron chi connectivity index (χ1n) is 8.96. The van der Waals surface area contributed by atoms with E-state index in [4.69, 9.17) is 5.26 Å². The maximum absolute atomic E-state index is 12.6. The summed E-state index contributed by atoms with van der Waals surface area (Å²) >= 11 is 0. The number of rotatable bonds is 7. The summed E-state index contributed by atoms with van der Waals surface area (Å²) in [4.78, 5) is 0. The zero-order valence-electron chi connectivity index (χ0n) is 15.4. The van der Waals surface area contributed by atoms with Crippen molar-refractivity contribution >= 4 is 15.6 Å². The molecule has 0 spiro atoms. The zero-order chi connectivity index (χ0) is 18.5. The lowest BCUT2D eigenvalue weighted by Crippen LogP contribution is -2.47. The lowest BCUT2D eigenvalue weighted by molar-refractivity contribution is 0.367. The van der Waals surface area contributed by atoms with Crippen molar-refractivity contribution in [2.75, 3.05) is 6.54 Å². The molecule has 25 heavy (non-hydrogen) atoms. The van der Waals surface area contributed by atoms with Gasteiger partial charge >= 0.3 is 0 Å². The van der Waals surface area contributed by atoms with Crippen molar-refractivity contribution in [1.82, 2.24) is 4.72 Å². The number of nitrogens with zero attached hydrogens (tertiary/aromatic N) is 1. The van der Waals surface area contributed by atoms with Gasteiger partial charge in [-0.05, 0) is 62.1 Å². The van der Waals surface area contributed by atoms with Crippen molar-refractivity contribution < 1.29 is 8.42 Å². The van der Waals surface area contributed by atoms with Crippen molar-refractivity contribution in [2.24, 2.45) is 5.92 Å². The summed E-state index contributed by atoms with van der Waals surface area (Å²) in [7, 11) is -3.33. The van der Waals surface area contributed by atoms with Crippen LogP contribution in [0, 0.1) is 17.2 Å². The summed E-state index contributed by atoms with van der Waals surface area (Å²) < 4.78 is 27.2. The Morgan fingerprint density at radius 3 is 2.48 bits per heavy atom. The van der Waals surface area contributed by atoms with Gasteiger partial charge in [0.15, 0.2) is 0 Å². The van der Waals surface area contributed by atoms with Gasteiger partial charge in [0.25, 0.3) is 0 Å². The first-order valence-corrected chi connectivity index (χ1v) is 10.4. The van der Waals surface area contributed by atoms with E-state index < -0.39 is 14.8 Å². The van der Waals surface area contributed by atoms with Crippen LogP contribution in [0.4, 0.5) is 0 Å². The molecular weight excluding hydrogens is 332 g/mol. The summed E-state index contributed by atoms with van der Waals surface area (Å²) in [5.74, 6) is 0.114. The summed E-state index contributed by atoms with van der Waals surface area (Å²) in [5, 5.41) is 8.75. The Bertz CT molecular complexity index is 756. The van der Waals surface area contributed by atoms with Gasteiger partial charge in [0.2, 0.25) is 10.0 Å². The number of sulfonamides is 1. The molecule has 0 heterocycles. The smallest absolute Gasteiger partial charge is 0.215 e. The number of allylic oxidation sites excluding steroid dienone is 2. The van der Waals surface area contributed by atoms with Gasteiger partial charge in [0.05, 0.1) is 17.2 Å². The number of hydrogen-bond acceptors (Lipinski definition) is 3. The Hall–Kier alpha value is -1.64. The van der Waals surface area contributed by atoms with Crippen LogP contribution < -0.4 is 4.72 Å². The molecule has 0 radical (unpaired) electrons. The predicted molar refractivity (Wildman–Crippen MR) is 102 cm³/mol. The minimum atomic E-state index is -3.33. The molecule has 0 amide bonds. The van der Waals surface area contributed by atoms with E-state index >= 15 is 0 Å². The molecule has 0 aliphatic heterocycles. The van der Waals surface area contributed by atoms with Crippen LogP contribution in [0.25, 0.3) is 5.57 Å². The Kier molecular flexibility index (Phi) is 6.42. The highest BCUT2D eigenvalue weighted by atomic mass is 32.2. The molecule has 1 N–H and O–H groups in total. The lowest BCUT2D eigenvalue weighted by atomic mass is 9.80. The molecule has 1 aromatic rings. The molecule has 0 bridgehead atoms. The summed E-state index contributed by atoms with van der Waals surface area (Å²) in [5.41, 5.74) is 3.47. The maximum Gasteiger partial charge on any atom is 0.217 e. The Morgan fingerprint density at radius 2 is 1.96 bits per heavy atom. The molecule has 1 aromatic carbocycles. The van der Waals surface area contributed by atoms with Crippen molar-refractivity contribution in [1.29, 1.82) is 5.26 Å². The average molecular weight is 361 g/mol. The summed E-state index contributed by atoms with van der Waals surface area (Å²) in [6, 6.07) is 10.3. The van der Waals surface area contributed by atoms with E-state index in [1.807, 2.05) is 32.9 Å². The van der Waals surface area contributed by atoms with Crippen LogP contribution in [0.5, 0.6) is 0 Å². The molecule has 1 unspecified atom stereocenters. The van der Waals surface area contributed by atoms with Crippen LogP contribution in [0.15, 0.2) is 30.3 Å². The molecule has 136 valence electrons. The molecule has 2 rings (SSSR count). The van der Waals surface area contributed by atoms with E-state index in [1.54, 1.807) is 0 Å². The normalized spacial score (nSPS) is 18.5. The summed E-state index contributed by atoms with van der Waals surface area (Å²) in [6.07, 6.45) is 5.94. The number of nitrogens with one attached hydrogen (secondary N) is 1. The quantitative estimate of drug-likeness (QED) is 0.797. The monoisotopic (exact) mass is 360 g/mol. The fraction of sp³-hybridized carbons (Fsp3) is 0.550. The van der Waals surface area contributed by atoms with Crippen LogP contribution >= 0.6 is 0 Å². The molecule has 0 aromatic heterocycles. The van der Waals surface area contributed by atoms with Crippen molar-refractivity contribution in [2.45, 2.75) is 57.6 Å². The van der Waals surface area contributed by atoms with Gasteiger partial charge in [-0.25, -0.2) is 13.1 Å². The third-order valence-corrected chi connectivity index (χ3v) is 7.54. The Labute approximate surface area is 152 Å². The van der Waals surface area contributed by atoms with Crippen LogP contribution in [0.2, 0.25) is 0 Å². The van der Waals surface area contributed by atoms with Gasteiger partial charge in [-0.15, -0.1) is 0 Å². The maximum atomic E-state index is 12.6. The zero-order valence-corrected chi connectivity index (χ0v) is 16.2. The minimum Gasteiger partial charge on any atom is -0.215 e.